The molecule has 24 heavy (non-hydrogen) atoms. The van der Waals surface area contributed by atoms with Crippen molar-refractivity contribution in [1.82, 2.24) is 0 Å². The van der Waals surface area contributed by atoms with Crippen molar-refractivity contribution in [2.45, 2.75) is 11.9 Å². The SMILES string of the molecule is O=C(CSCc1c(Cl)cccc1Cl)Nc1ccc(C(F)(F)F)cc1. The van der Waals surface area contributed by atoms with Crippen LogP contribution in [0.1, 0.15) is 11.1 Å². The minimum Gasteiger partial charge on any atom is -0.325 e. The van der Waals surface area contributed by atoms with Gasteiger partial charge >= 0.3 is 6.18 Å². The molecule has 0 aliphatic heterocycles. The van der Waals surface area contributed by atoms with E-state index in [-0.39, 0.29) is 11.7 Å². The Bertz CT molecular complexity index is 700. The van der Waals surface area contributed by atoms with Crippen molar-refractivity contribution in [3.8, 4) is 0 Å². The lowest BCUT2D eigenvalue weighted by Gasteiger charge is -2.09. The van der Waals surface area contributed by atoms with Gasteiger partial charge in [-0.3, -0.25) is 4.79 Å². The zero-order valence-corrected chi connectivity index (χ0v) is 14.5. The van der Waals surface area contributed by atoms with Crippen LogP contribution >= 0.6 is 35.0 Å². The quantitative estimate of drug-likeness (QED) is 0.686. The van der Waals surface area contributed by atoms with Gasteiger partial charge in [0.2, 0.25) is 5.91 Å². The number of alkyl halides is 3. The zero-order valence-electron chi connectivity index (χ0n) is 12.2. The van der Waals surface area contributed by atoms with Crippen molar-refractivity contribution < 1.29 is 18.0 Å². The summed E-state index contributed by atoms with van der Waals surface area (Å²) in [7, 11) is 0. The van der Waals surface area contributed by atoms with Crippen molar-refractivity contribution in [2.24, 2.45) is 0 Å². The lowest BCUT2D eigenvalue weighted by Crippen LogP contribution is -2.14. The Kier molecular flexibility index (Phi) is 6.43. The average Bonchev–Trinajstić information content (AvgIpc) is 2.50. The first kappa shape index (κ1) is 19.0. The Hall–Kier alpha value is -1.37. The van der Waals surface area contributed by atoms with E-state index in [9.17, 15) is 18.0 Å². The highest BCUT2D eigenvalue weighted by atomic mass is 35.5. The first-order chi connectivity index (χ1) is 11.3. The van der Waals surface area contributed by atoms with Crippen molar-refractivity contribution in [3.05, 3.63) is 63.6 Å². The van der Waals surface area contributed by atoms with Gasteiger partial charge in [-0.05, 0) is 42.0 Å². The summed E-state index contributed by atoms with van der Waals surface area (Å²) < 4.78 is 37.4. The van der Waals surface area contributed by atoms with E-state index in [1.165, 1.54) is 23.9 Å². The third-order valence-electron chi connectivity index (χ3n) is 3.04. The van der Waals surface area contributed by atoms with Crippen LogP contribution in [0.2, 0.25) is 10.0 Å². The molecule has 0 radical (unpaired) electrons. The van der Waals surface area contributed by atoms with Crippen molar-refractivity contribution in [3.63, 3.8) is 0 Å². The first-order valence-corrected chi connectivity index (χ1v) is 8.66. The van der Waals surface area contributed by atoms with E-state index >= 15 is 0 Å². The minimum absolute atomic E-state index is 0.128. The van der Waals surface area contributed by atoms with Crippen LogP contribution < -0.4 is 5.32 Å². The molecule has 2 aromatic carbocycles. The minimum atomic E-state index is -4.40. The van der Waals surface area contributed by atoms with Crippen LogP contribution in [0, 0.1) is 0 Å². The van der Waals surface area contributed by atoms with Crippen LogP contribution in [0.25, 0.3) is 0 Å². The molecule has 0 heterocycles. The summed E-state index contributed by atoms with van der Waals surface area (Å²) in [6.07, 6.45) is -4.40. The topological polar surface area (TPSA) is 29.1 Å². The van der Waals surface area contributed by atoms with Gasteiger partial charge in [-0.1, -0.05) is 29.3 Å². The lowest BCUT2D eigenvalue weighted by atomic mass is 10.2. The van der Waals surface area contributed by atoms with E-state index in [1.54, 1.807) is 18.2 Å². The molecular formula is C16H12Cl2F3NOS. The molecule has 0 unspecified atom stereocenters. The maximum atomic E-state index is 12.5. The highest BCUT2D eigenvalue weighted by molar-refractivity contribution is 7.99. The summed E-state index contributed by atoms with van der Waals surface area (Å²) in [4.78, 5) is 11.8. The zero-order chi connectivity index (χ0) is 17.7. The maximum Gasteiger partial charge on any atom is 0.416 e. The number of halogens is 5. The van der Waals surface area contributed by atoms with Gasteiger partial charge in [0.05, 0.1) is 11.3 Å². The number of thioether (sulfide) groups is 1. The van der Waals surface area contributed by atoms with E-state index in [0.717, 1.165) is 17.7 Å². The molecule has 2 rings (SSSR count). The molecule has 2 aromatic rings. The second-order valence-electron chi connectivity index (χ2n) is 4.82. The average molecular weight is 394 g/mol. The van der Waals surface area contributed by atoms with Gasteiger partial charge in [-0.2, -0.15) is 13.2 Å². The number of hydrogen-bond acceptors (Lipinski definition) is 2. The first-order valence-electron chi connectivity index (χ1n) is 6.75. The summed E-state index contributed by atoms with van der Waals surface area (Å²) >= 11 is 13.4. The van der Waals surface area contributed by atoms with Crippen molar-refractivity contribution in [2.75, 3.05) is 11.1 Å². The summed E-state index contributed by atoms with van der Waals surface area (Å²) in [5, 5.41) is 3.60. The smallest absolute Gasteiger partial charge is 0.325 e. The lowest BCUT2D eigenvalue weighted by molar-refractivity contribution is -0.137. The van der Waals surface area contributed by atoms with Crippen molar-refractivity contribution in [1.29, 1.82) is 0 Å². The molecule has 0 atom stereocenters. The number of benzene rings is 2. The van der Waals surface area contributed by atoms with Gasteiger partial charge in [0.15, 0.2) is 0 Å². The highest BCUT2D eigenvalue weighted by Crippen LogP contribution is 2.30. The number of nitrogens with one attached hydrogen (secondary N) is 1. The summed E-state index contributed by atoms with van der Waals surface area (Å²) in [5.74, 6) is 0.268. The third kappa shape index (κ3) is 5.33. The molecule has 0 aliphatic carbocycles. The van der Waals surface area contributed by atoms with Gasteiger partial charge < -0.3 is 5.32 Å². The molecule has 0 fully saturated rings. The number of rotatable bonds is 5. The van der Waals surface area contributed by atoms with E-state index in [4.69, 9.17) is 23.2 Å². The molecule has 0 aromatic heterocycles. The van der Waals surface area contributed by atoms with Crippen LogP contribution in [0.4, 0.5) is 18.9 Å². The second kappa shape index (κ2) is 8.14. The fourth-order valence-electron chi connectivity index (χ4n) is 1.86. The predicted molar refractivity (Wildman–Crippen MR) is 92.7 cm³/mol. The fraction of sp³-hybridized carbons (Fsp3) is 0.188. The van der Waals surface area contributed by atoms with Crippen LogP contribution in [0.15, 0.2) is 42.5 Å². The van der Waals surface area contributed by atoms with Gasteiger partial charge in [0, 0.05) is 21.5 Å². The molecule has 1 amide bonds. The predicted octanol–water partition coefficient (Wildman–Crippen LogP) is 5.88. The molecule has 2 nitrogen and oxygen atoms in total. The Morgan fingerprint density at radius 1 is 1.04 bits per heavy atom. The van der Waals surface area contributed by atoms with Gasteiger partial charge in [-0.25, -0.2) is 0 Å². The van der Waals surface area contributed by atoms with Gasteiger partial charge in [0.1, 0.15) is 0 Å². The second-order valence-corrected chi connectivity index (χ2v) is 6.62. The van der Waals surface area contributed by atoms with Gasteiger partial charge in [0.25, 0.3) is 0 Å². The summed E-state index contributed by atoms with van der Waals surface area (Å²) in [6.45, 7) is 0. The third-order valence-corrected chi connectivity index (χ3v) is 4.70. The number of hydrogen-bond donors (Lipinski definition) is 1. The molecule has 0 bridgehead atoms. The number of carbonyl (C=O) groups is 1. The summed E-state index contributed by atoms with van der Waals surface area (Å²) in [5.41, 5.74) is 0.292. The maximum absolute atomic E-state index is 12.5. The largest absolute Gasteiger partial charge is 0.416 e. The van der Waals surface area contributed by atoms with Crippen LogP contribution in [0.3, 0.4) is 0 Å². The molecule has 0 spiro atoms. The molecule has 0 aliphatic rings. The van der Waals surface area contributed by atoms with E-state index in [1.807, 2.05) is 0 Å². The Balaban J connectivity index is 1.85. The number of anilines is 1. The fourth-order valence-corrected chi connectivity index (χ4v) is 3.42. The monoisotopic (exact) mass is 393 g/mol. The van der Waals surface area contributed by atoms with Gasteiger partial charge in [-0.15, -0.1) is 11.8 Å². The number of amides is 1. The molecular weight excluding hydrogens is 382 g/mol. The Labute approximate surface area is 151 Å². The van der Waals surface area contributed by atoms with E-state index in [0.29, 0.717) is 21.5 Å². The Morgan fingerprint density at radius 3 is 2.17 bits per heavy atom. The molecule has 8 heteroatoms. The van der Waals surface area contributed by atoms with Crippen LogP contribution in [-0.4, -0.2) is 11.7 Å². The standard InChI is InChI=1S/C16H12Cl2F3NOS/c17-13-2-1-3-14(18)12(13)8-24-9-15(23)22-11-6-4-10(5-7-11)16(19,20)21/h1-7H,8-9H2,(H,22,23). The van der Waals surface area contributed by atoms with E-state index in [2.05, 4.69) is 5.32 Å². The molecule has 0 saturated heterocycles. The number of carbonyl (C=O) groups excluding carboxylic acids is 1. The molecule has 1 N–H and O–H groups in total. The van der Waals surface area contributed by atoms with Crippen LogP contribution in [0.5, 0.6) is 0 Å². The normalized spacial score (nSPS) is 11.4. The highest BCUT2D eigenvalue weighted by Gasteiger charge is 2.29. The molecule has 128 valence electrons. The van der Waals surface area contributed by atoms with Crippen molar-refractivity contribution >= 4 is 46.6 Å². The Morgan fingerprint density at radius 2 is 1.62 bits per heavy atom. The summed E-state index contributed by atoms with van der Waals surface area (Å²) in [6, 6.07) is 9.44. The van der Waals surface area contributed by atoms with E-state index < -0.39 is 11.7 Å². The molecule has 0 saturated carbocycles. The van der Waals surface area contributed by atoms with Crippen LogP contribution in [-0.2, 0) is 16.7 Å².